The van der Waals surface area contributed by atoms with Crippen LogP contribution in [0.15, 0.2) is 42.5 Å². The molecule has 26 heavy (non-hydrogen) atoms. The Hall–Kier alpha value is -3.15. The van der Waals surface area contributed by atoms with E-state index in [4.69, 9.17) is 4.74 Å². The van der Waals surface area contributed by atoms with Gasteiger partial charge in [0.2, 0.25) is 0 Å². The van der Waals surface area contributed by atoms with Gasteiger partial charge in [-0.25, -0.2) is 0 Å². The SMILES string of the molecule is Cc1cc(C)cc(C(=O)NCC(=O)OCC(=O)Nc2ccccc2C)c1. The highest BCUT2D eigenvalue weighted by molar-refractivity contribution is 5.97. The molecule has 0 radical (unpaired) electrons. The topological polar surface area (TPSA) is 84.5 Å². The predicted octanol–water partition coefficient (Wildman–Crippen LogP) is 2.52. The van der Waals surface area contributed by atoms with Crippen LogP contribution in [0.25, 0.3) is 0 Å². The Bertz CT molecular complexity index is 810. The van der Waals surface area contributed by atoms with Crippen molar-refractivity contribution in [2.24, 2.45) is 0 Å². The standard InChI is InChI=1S/C20H22N2O4/c1-13-8-14(2)10-16(9-13)20(25)21-11-19(24)26-12-18(23)22-17-7-5-4-6-15(17)3/h4-10H,11-12H2,1-3H3,(H,21,25)(H,22,23). The molecule has 0 spiro atoms. The fourth-order valence-corrected chi connectivity index (χ4v) is 2.46. The summed E-state index contributed by atoms with van der Waals surface area (Å²) in [7, 11) is 0. The van der Waals surface area contributed by atoms with Gasteiger partial charge >= 0.3 is 5.97 Å². The summed E-state index contributed by atoms with van der Waals surface area (Å²) in [6.07, 6.45) is 0. The van der Waals surface area contributed by atoms with Crippen LogP contribution in [0.3, 0.4) is 0 Å². The van der Waals surface area contributed by atoms with Gasteiger partial charge in [-0.05, 0) is 44.5 Å². The summed E-state index contributed by atoms with van der Waals surface area (Å²) < 4.78 is 4.88. The van der Waals surface area contributed by atoms with E-state index in [1.54, 1.807) is 24.3 Å². The second kappa shape index (κ2) is 8.80. The molecule has 136 valence electrons. The summed E-state index contributed by atoms with van der Waals surface area (Å²) in [4.78, 5) is 35.6. The van der Waals surface area contributed by atoms with Crippen LogP contribution in [-0.4, -0.2) is 30.9 Å². The van der Waals surface area contributed by atoms with E-state index in [0.717, 1.165) is 16.7 Å². The minimum Gasteiger partial charge on any atom is -0.454 e. The zero-order valence-electron chi connectivity index (χ0n) is 15.1. The van der Waals surface area contributed by atoms with E-state index >= 15 is 0 Å². The summed E-state index contributed by atoms with van der Waals surface area (Å²) in [6.45, 7) is 4.94. The number of aryl methyl sites for hydroxylation is 3. The normalized spacial score (nSPS) is 10.1. The van der Waals surface area contributed by atoms with E-state index in [-0.39, 0.29) is 12.5 Å². The quantitative estimate of drug-likeness (QED) is 0.781. The van der Waals surface area contributed by atoms with Crippen molar-refractivity contribution in [1.82, 2.24) is 5.32 Å². The molecular formula is C20H22N2O4. The Morgan fingerprint density at radius 3 is 2.27 bits per heavy atom. The Morgan fingerprint density at radius 1 is 0.962 bits per heavy atom. The molecule has 2 aromatic carbocycles. The number of ether oxygens (including phenoxy) is 1. The van der Waals surface area contributed by atoms with E-state index in [0.29, 0.717) is 11.3 Å². The first-order chi connectivity index (χ1) is 12.3. The van der Waals surface area contributed by atoms with Crippen molar-refractivity contribution in [3.63, 3.8) is 0 Å². The molecule has 0 atom stereocenters. The molecule has 0 unspecified atom stereocenters. The van der Waals surface area contributed by atoms with Gasteiger partial charge in [-0.15, -0.1) is 0 Å². The van der Waals surface area contributed by atoms with E-state index in [9.17, 15) is 14.4 Å². The number of benzene rings is 2. The van der Waals surface area contributed by atoms with E-state index < -0.39 is 18.5 Å². The summed E-state index contributed by atoms with van der Waals surface area (Å²) in [6, 6.07) is 12.7. The predicted molar refractivity (Wildman–Crippen MR) is 99.0 cm³/mol. The summed E-state index contributed by atoms with van der Waals surface area (Å²) in [5.74, 6) is -1.48. The van der Waals surface area contributed by atoms with Gasteiger partial charge < -0.3 is 15.4 Å². The molecule has 2 N–H and O–H groups in total. The van der Waals surface area contributed by atoms with Crippen molar-refractivity contribution in [2.45, 2.75) is 20.8 Å². The van der Waals surface area contributed by atoms with Crippen molar-refractivity contribution < 1.29 is 19.1 Å². The largest absolute Gasteiger partial charge is 0.454 e. The first-order valence-electron chi connectivity index (χ1n) is 8.23. The number of rotatable bonds is 6. The number of esters is 1. The Labute approximate surface area is 152 Å². The average molecular weight is 354 g/mol. The summed E-state index contributed by atoms with van der Waals surface area (Å²) >= 11 is 0. The third-order valence-corrected chi connectivity index (χ3v) is 3.66. The molecule has 0 fully saturated rings. The molecule has 0 saturated heterocycles. The lowest BCUT2D eigenvalue weighted by Crippen LogP contribution is -2.32. The summed E-state index contributed by atoms with van der Waals surface area (Å²) in [5.41, 5.74) is 3.98. The van der Waals surface area contributed by atoms with Crippen molar-refractivity contribution in [3.8, 4) is 0 Å². The molecule has 2 aromatic rings. The number of nitrogens with one attached hydrogen (secondary N) is 2. The van der Waals surface area contributed by atoms with E-state index in [2.05, 4.69) is 10.6 Å². The minimum atomic E-state index is -0.678. The molecule has 2 rings (SSSR count). The van der Waals surface area contributed by atoms with Crippen molar-refractivity contribution >= 4 is 23.5 Å². The summed E-state index contributed by atoms with van der Waals surface area (Å²) in [5, 5.41) is 5.16. The van der Waals surface area contributed by atoms with Crippen LogP contribution in [0.2, 0.25) is 0 Å². The molecule has 0 aliphatic heterocycles. The van der Waals surface area contributed by atoms with Gasteiger partial charge in [0.15, 0.2) is 6.61 Å². The number of para-hydroxylation sites is 1. The maximum absolute atomic E-state index is 12.1. The highest BCUT2D eigenvalue weighted by Gasteiger charge is 2.12. The third kappa shape index (κ3) is 5.73. The van der Waals surface area contributed by atoms with Crippen LogP contribution in [-0.2, 0) is 14.3 Å². The van der Waals surface area contributed by atoms with Gasteiger partial charge in [0, 0.05) is 11.3 Å². The average Bonchev–Trinajstić information content (AvgIpc) is 2.59. The smallest absolute Gasteiger partial charge is 0.325 e. The van der Waals surface area contributed by atoms with Crippen molar-refractivity contribution in [1.29, 1.82) is 0 Å². The van der Waals surface area contributed by atoms with Crippen LogP contribution in [0.1, 0.15) is 27.0 Å². The number of anilines is 1. The fraction of sp³-hybridized carbons (Fsp3) is 0.250. The lowest BCUT2D eigenvalue weighted by Gasteiger charge is -2.09. The molecule has 0 aliphatic carbocycles. The zero-order valence-corrected chi connectivity index (χ0v) is 15.1. The zero-order chi connectivity index (χ0) is 19.1. The minimum absolute atomic E-state index is 0.302. The van der Waals surface area contributed by atoms with E-state index in [1.807, 2.05) is 39.0 Å². The fourth-order valence-electron chi connectivity index (χ4n) is 2.46. The highest BCUT2D eigenvalue weighted by Crippen LogP contribution is 2.12. The molecule has 0 saturated carbocycles. The molecule has 6 heteroatoms. The lowest BCUT2D eigenvalue weighted by molar-refractivity contribution is -0.146. The monoisotopic (exact) mass is 354 g/mol. The number of hydrogen-bond acceptors (Lipinski definition) is 4. The molecule has 0 heterocycles. The highest BCUT2D eigenvalue weighted by atomic mass is 16.5. The molecule has 2 amide bonds. The van der Waals surface area contributed by atoms with Crippen molar-refractivity contribution in [2.75, 3.05) is 18.5 Å². The first kappa shape index (κ1) is 19.2. The van der Waals surface area contributed by atoms with Crippen molar-refractivity contribution in [3.05, 3.63) is 64.7 Å². The van der Waals surface area contributed by atoms with Gasteiger partial charge in [0.1, 0.15) is 6.54 Å². The van der Waals surface area contributed by atoms with Gasteiger partial charge in [-0.3, -0.25) is 14.4 Å². The van der Waals surface area contributed by atoms with Crippen LogP contribution in [0.5, 0.6) is 0 Å². The maximum Gasteiger partial charge on any atom is 0.325 e. The molecule has 6 nitrogen and oxygen atoms in total. The second-order valence-corrected chi connectivity index (χ2v) is 6.08. The number of amides is 2. The second-order valence-electron chi connectivity index (χ2n) is 6.08. The number of carbonyl (C=O) groups excluding carboxylic acids is 3. The number of hydrogen-bond donors (Lipinski definition) is 2. The van der Waals surface area contributed by atoms with Crippen LogP contribution >= 0.6 is 0 Å². The van der Waals surface area contributed by atoms with Gasteiger partial charge in [-0.1, -0.05) is 35.4 Å². The molecular weight excluding hydrogens is 332 g/mol. The third-order valence-electron chi connectivity index (χ3n) is 3.66. The van der Waals surface area contributed by atoms with Gasteiger partial charge in [0.05, 0.1) is 0 Å². The Kier molecular flexibility index (Phi) is 6.49. The molecule has 0 bridgehead atoms. The maximum atomic E-state index is 12.1. The molecule has 0 aliphatic rings. The Morgan fingerprint density at radius 2 is 1.62 bits per heavy atom. The number of carbonyl (C=O) groups is 3. The van der Waals surface area contributed by atoms with E-state index in [1.165, 1.54) is 0 Å². The lowest BCUT2D eigenvalue weighted by atomic mass is 10.1. The van der Waals surface area contributed by atoms with Gasteiger partial charge in [0.25, 0.3) is 11.8 Å². The van der Waals surface area contributed by atoms with Crippen LogP contribution < -0.4 is 10.6 Å². The molecule has 0 aromatic heterocycles. The van der Waals surface area contributed by atoms with Crippen LogP contribution in [0.4, 0.5) is 5.69 Å². The van der Waals surface area contributed by atoms with Gasteiger partial charge in [-0.2, -0.15) is 0 Å². The van der Waals surface area contributed by atoms with Crippen LogP contribution in [0, 0.1) is 20.8 Å². The Balaban J connectivity index is 1.77. The first-order valence-corrected chi connectivity index (χ1v) is 8.23.